The molecule has 1 aromatic heterocycles. The summed E-state index contributed by atoms with van der Waals surface area (Å²) in [6.07, 6.45) is 4.64. The van der Waals surface area contributed by atoms with Gasteiger partial charge in [0.05, 0.1) is 12.0 Å². The van der Waals surface area contributed by atoms with E-state index in [0.717, 1.165) is 6.42 Å². The summed E-state index contributed by atoms with van der Waals surface area (Å²) < 4.78 is 6.80. The van der Waals surface area contributed by atoms with Gasteiger partial charge in [-0.25, -0.2) is 0 Å². The third-order valence-electron chi connectivity index (χ3n) is 3.69. The molecule has 126 valence electrons. The summed E-state index contributed by atoms with van der Waals surface area (Å²) in [5.74, 6) is -0.107. The number of pyridine rings is 1. The van der Waals surface area contributed by atoms with Gasteiger partial charge in [0.25, 0.3) is 5.91 Å². The van der Waals surface area contributed by atoms with Crippen LogP contribution in [0.4, 0.5) is 11.4 Å². The van der Waals surface area contributed by atoms with E-state index < -0.39 is 4.92 Å². The third-order valence-corrected chi connectivity index (χ3v) is 3.69. The zero-order chi connectivity index (χ0) is 17.7. The van der Waals surface area contributed by atoms with Gasteiger partial charge in [0.2, 0.25) is 6.54 Å². The Balaban J connectivity index is 2.14. The molecule has 0 fully saturated rings. The Morgan fingerprint density at radius 3 is 2.54 bits per heavy atom. The summed E-state index contributed by atoms with van der Waals surface area (Å²) in [4.78, 5) is 22.7. The molecule has 2 aromatic rings. The number of benzene rings is 1. The van der Waals surface area contributed by atoms with Crippen molar-refractivity contribution in [3.8, 4) is 5.75 Å². The number of nitro groups is 1. The van der Waals surface area contributed by atoms with Crippen LogP contribution in [0, 0.1) is 17.0 Å². The first kappa shape index (κ1) is 17.4. The van der Waals surface area contributed by atoms with Crippen molar-refractivity contribution in [3.05, 3.63) is 57.9 Å². The maximum atomic E-state index is 12.2. The molecule has 1 aromatic carbocycles. The number of aryl methyl sites for hydroxylation is 2. The SMILES string of the molecule is CCc1cc[n+](CC(=O)Nc2cc(OC)c([N+](=O)[O-])cc2C)cc1. The lowest BCUT2D eigenvalue weighted by molar-refractivity contribution is -0.684. The van der Waals surface area contributed by atoms with Crippen LogP contribution in [0.3, 0.4) is 0 Å². The number of methoxy groups -OCH3 is 1. The van der Waals surface area contributed by atoms with Gasteiger partial charge in [-0.05, 0) is 24.5 Å². The number of anilines is 1. The van der Waals surface area contributed by atoms with Crippen LogP contribution in [0.1, 0.15) is 18.1 Å². The highest BCUT2D eigenvalue weighted by molar-refractivity contribution is 5.91. The first-order valence-corrected chi connectivity index (χ1v) is 7.55. The highest BCUT2D eigenvalue weighted by atomic mass is 16.6. The van der Waals surface area contributed by atoms with Gasteiger partial charge in [-0.1, -0.05) is 6.92 Å². The second-order valence-electron chi connectivity index (χ2n) is 5.38. The fraction of sp³-hybridized carbons (Fsp3) is 0.294. The van der Waals surface area contributed by atoms with Crippen molar-refractivity contribution in [1.82, 2.24) is 0 Å². The fourth-order valence-corrected chi connectivity index (χ4v) is 2.30. The van der Waals surface area contributed by atoms with E-state index in [1.807, 2.05) is 24.5 Å². The van der Waals surface area contributed by atoms with Crippen LogP contribution < -0.4 is 14.6 Å². The summed E-state index contributed by atoms with van der Waals surface area (Å²) >= 11 is 0. The second-order valence-corrected chi connectivity index (χ2v) is 5.38. The number of carbonyl (C=O) groups is 1. The lowest BCUT2D eigenvalue weighted by atomic mass is 10.1. The number of nitro benzene ring substituents is 1. The quantitative estimate of drug-likeness (QED) is 0.501. The van der Waals surface area contributed by atoms with E-state index in [1.54, 1.807) is 11.5 Å². The number of nitrogens with one attached hydrogen (secondary N) is 1. The smallest absolute Gasteiger partial charge is 0.311 e. The van der Waals surface area contributed by atoms with Crippen LogP contribution in [0.2, 0.25) is 0 Å². The standard InChI is InChI=1S/C17H19N3O4/c1-4-13-5-7-19(8-6-13)11-17(21)18-14-10-16(24-3)15(20(22)23)9-12(14)2/h5-10H,4,11H2,1-3H3/p+1. The van der Waals surface area contributed by atoms with E-state index in [4.69, 9.17) is 4.74 Å². The average Bonchev–Trinajstić information content (AvgIpc) is 2.56. The molecule has 1 amide bonds. The lowest BCUT2D eigenvalue weighted by Crippen LogP contribution is -2.39. The average molecular weight is 330 g/mol. The number of nitrogens with zero attached hydrogens (tertiary/aromatic N) is 2. The predicted octanol–water partition coefficient (Wildman–Crippen LogP) is 2.40. The number of hydrogen-bond donors (Lipinski definition) is 1. The van der Waals surface area contributed by atoms with Gasteiger partial charge < -0.3 is 10.1 Å². The summed E-state index contributed by atoms with van der Waals surface area (Å²) in [6.45, 7) is 3.92. The molecule has 24 heavy (non-hydrogen) atoms. The van der Waals surface area contributed by atoms with Gasteiger partial charge in [0.15, 0.2) is 18.1 Å². The molecule has 0 spiro atoms. The van der Waals surface area contributed by atoms with Gasteiger partial charge in [0, 0.05) is 30.0 Å². The summed E-state index contributed by atoms with van der Waals surface area (Å²) in [5, 5.41) is 13.8. The summed E-state index contributed by atoms with van der Waals surface area (Å²) in [7, 11) is 1.36. The molecule has 2 rings (SSSR count). The topological polar surface area (TPSA) is 85.3 Å². The van der Waals surface area contributed by atoms with Crippen molar-refractivity contribution in [2.24, 2.45) is 0 Å². The third kappa shape index (κ3) is 4.07. The molecule has 0 atom stereocenters. The first-order chi connectivity index (χ1) is 11.4. The lowest BCUT2D eigenvalue weighted by Gasteiger charge is -2.10. The van der Waals surface area contributed by atoms with E-state index in [9.17, 15) is 14.9 Å². The molecule has 0 saturated carbocycles. The van der Waals surface area contributed by atoms with Gasteiger partial charge in [-0.15, -0.1) is 0 Å². The normalized spacial score (nSPS) is 10.3. The number of amides is 1. The van der Waals surface area contributed by atoms with Crippen molar-refractivity contribution in [2.45, 2.75) is 26.8 Å². The molecule has 0 aliphatic heterocycles. The van der Waals surface area contributed by atoms with E-state index in [1.165, 1.54) is 24.8 Å². The Morgan fingerprint density at radius 2 is 2.00 bits per heavy atom. The van der Waals surface area contributed by atoms with Crippen molar-refractivity contribution in [2.75, 3.05) is 12.4 Å². The molecule has 0 aliphatic carbocycles. The van der Waals surface area contributed by atoms with Crippen LogP contribution in [0.25, 0.3) is 0 Å². The van der Waals surface area contributed by atoms with E-state index in [0.29, 0.717) is 11.3 Å². The van der Waals surface area contributed by atoms with Gasteiger partial charge in [-0.2, -0.15) is 4.57 Å². The summed E-state index contributed by atoms with van der Waals surface area (Å²) in [6, 6.07) is 6.79. The van der Waals surface area contributed by atoms with Crippen LogP contribution >= 0.6 is 0 Å². The minimum absolute atomic E-state index is 0.112. The van der Waals surface area contributed by atoms with Gasteiger partial charge >= 0.3 is 5.69 Å². The highest BCUT2D eigenvalue weighted by Gasteiger charge is 2.19. The van der Waals surface area contributed by atoms with Crippen molar-refractivity contribution in [1.29, 1.82) is 0 Å². The molecule has 1 N–H and O–H groups in total. The Labute approximate surface area is 140 Å². The second kappa shape index (κ2) is 7.54. The predicted molar refractivity (Wildman–Crippen MR) is 89.0 cm³/mol. The Morgan fingerprint density at radius 1 is 1.33 bits per heavy atom. The van der Waals surface area contributed by atoms with Crippen molar-refractivity contribution >= 4 is 17.3 Å². The minimum atomic E-state index is -0.511. The van der Waals surface area contributed by atoms with E-state index in [-0.39, 0.29) is 23.9 Å². The van der Waals surface area contributed by atoms with Gasteiger partial charge in [-0.3, -0.25) is 14.9 Å². The number of hydrogen-bond acceptors (Lipinski definition) is 4. The Kier molecular flexibility index (Phi) is 5.47. The van der Waals surface area contributed by atoms with E-state index in [2.05, 4.69) is 12.2 Å². The number of rotatable bonds is 6. The zero-order valence-electron chi connectivity index (χ0n) is 13.9. The van der Waals surface area contributed by atoms with Crippen LogP contribution in [0.15, 0.2) is 36.7 Å². The van der Waals surface area contributed by atoms with Crippen LogP contribution in [-0.4, -0.2) is 17.9 Å². The Bertz CT molecular complexity index is 757. The number of carbonyl (C=O) groups excluding carboxylic acids is 1. The van der Waals surface area contributed by atoms with Gasteiger partial charge in [0.1, 0.15) is 0 Å². The Hall–Kier alpha value is -2.96. The summed E-state index contributed by atoms with van der Waals surface area (Å²) in [5.41, 5.74) is 2.16. The minimum Gasteiger partial charge on any atom is -0.490 e. The highest BCUT2D eigenvalue weighted by Crippen LogP contribution is 2.32. The monoisotopic (exact) mass is 330 g/mol. The zero-order valence-corrected chi connectivity index (χ0v) is 13.9. The molecular formula is C17H20N3O4+. The maximum absolute atomic E-state index is 12.2. The molecule has 7 nitrogen and oxygen atoms in total. The molecule has 0 bridgehead atoms. The molecule has 0 aliphatic rings. The largest absolute Gasteiger partial charge is 0.490 e. The van der Waals surface area contributed by atoms with Crippen LogP contribution in [-0.2, 0) is 17.8 Å². The fourth-order valence-electron chi connectivity index (χ4n) is 2.30. The molecule has 7 heteroatoms. The first-order valence-electron chi connectivity index (χ1n) is 7.55. The van der Waals surface area contributed by atoms with Crippen molar-refractivity contribution in [3.63, 3.8) is 0 Å². The van der Waals surface area contributed by atoms with Crippen LogP contribution in [0.5, 0.6) is 5.75 Å². The van der Waals surface area contributed by atoms with Crippen molar-refractivity contribution < 1.29 is 19.0 Å². The number of aromatic nitrogens is 1. The maximum Gasteiger partial charge on any atom is 0.311 e. The number of ether oxygens (including phenoxy) is 1. The molecule has 0 saturated heterocycles. The molecular weight excluding hydrogens is 310 g/mol. The van der Waals surface area contributed by atoms with E-state index >= 15 is 0 Å². The molecule has 0 unspecified atom stereocenters. The molecule has 0 radical (unpaired) electrons. The molecule has 1 heterocycles.